The van der Waals surface area contributed by atoms with Crippen molar-refractivity contribution in [1.29, 1.82) is 0 Å². The van der Waals surface area contributed by atoms with Crippen LogP contribution in [0.1, 0.15) is 57.6 Å². The van der Waals surface area contributed by atoms with Crippen LogP contribution in [0.3, 0.4) is 0 Å². The topological polar surface area (TPSA) is 49.3 Å². The summed E-state index contributed by atoms with van der Waals surface area (Å²) in [4.78, 5) is 11.7. The summed E-state index contributed by atoms with van der Waals surface area (Å²) < 4.78 is 12.8. The van der Waals surface area contributed by atoms with Crippen molar-refractivity contribution in [2.45, 2.75) is 58.1 Å². The fraction of sp³-hybridized carbons (Fsp3) is 0.562. The Morgan fingerprint density at radius 2 is 1.90 bits per heavy atom. The van der Waals surface area contributed by atoms with E-state index in [1.54, 1.807) is 6.92 Å². The van der Waals surface area contributed by atoms with Gasteiger partial charge in [-0.15, -0.1) is 0 Å². The first-order valence-corrected chi connectivity index (χ1v) is 7.27. The maximum Gasteiger partial charge on any atom is 0.220 e. The molecule has 0 aliphatic carbocycles. The molecule has 20 heavy (non-hydrogen) atoms. The second-order valence-corrected chi connectivity index (χ2v) is 5.16. The number of unbranched alkanes of at least 4 members (excludes halogenated alkanes) is 3. The van der Waals surface area contributed by atoms with Crippen molar-refractivity contribution in [2.24, 2.45) is 0 Å². The number of hydrogen-bond donors (Lipinski definition) is 2. The van der Waals surface area contributed by atoms with Gasteiger partial charge in [0.1, 0.15) is 5.82 Å². The molecule has 0 aliphatic rings. The van der Waals surface area contributed by atoms with E-state index in [9.17, 15) is 14.3 Å². The first kappa shape index (κ1) is 16.6. The minimum absolute atomic E-state index is 0.0465. The van der Waals surface area contributed by atoms with Gasteiger partial charge in [0.2, 0.25) is 5.91 Å². The molecular formula is C16H24FNO2. The van der Waals surface area contributed by atoms with Gasteiger partial charge in [-0.05, 0) is 31.0 Å². The van der Waals surface area contributed by atoms with E-state index in [1.165, 1.54) is 24.3 Å². The molecule has 2 unspecified atom stereocenters. The van der Waals surface area contributed by atoms with E-state index in [0.29, 0.717) is 12.0 Å². The third-order valence-electron chi connectivity index (χ3n) is 3.33. The predicted molar refractivity (Wildman–Crippen MR) is 77.7 cm³/mol. The van der Waals surface area contributed by atoms with Crippen LogP contribution in [0.25, 0.3) is 0 Å². The maximum atomic E-state index is 12.8. The van der Waals surface area contributed by atoms with E-state index in [2.05, 4.69) is 12.2 Å². The largest absolute Gasteiger partial charge is 0.386 e. The highest BCUT2D eigenvalue weighted by atomic mass is 19.1. The van der Waals surface area contributed by atoms with E-state index in [4.69, 9.17) is 0 Å². The van der Waals surface area contributed by atoms with E-state index >= 15 is 0 Å². The number of hydrogen-bond acceptors (Lipinski definition) is 2. The van der Waals surface area contributed by atoms with Gasteiger partial charge in [-0.1, -0.05) is 38.3 Å². The number of aliphatic hydroxyl groups is 1. The third-order valence-corrected chi connectivity index (χ3v) is 3.33. The highest BCUT2D eigenvalue weighted by molar-refractivity contribution is 5.76. The molecule has 4 heteroatoms. The average Bonchev–Trinajstić information content (AvgIpc) is 2.43. The van der Waals surface area contributed by atoms with Gasteiger partial charge in [-0.3, -0.25) is 4.79 Å². The van der Waals surface area contributed by atoms with Gasteiger partial charge < -0.3 is 10.4 Å². The molecule has 0 saturated heterocycles. The summed E-state index contributed by atoms with van der Waals surface area (Å²) in [7, 11) is 0. The van der Waals surface area contributed by atoms with Crippen LogP contribution in [-0.2, 0) is 4.79 Å². The Kier molecular flexibility index (Phi) is 7.23. The summed E-state index contributed by atoms with van der Waals surface area (Å²) in [5, 5.41) is 12.9. The molecule has 0 saturated carbocycles. The van der Waals surface area contributed by atoms with Crippen LogP contribution in [0.4, 0.5) is 4.39 Å². The van der Waals surface area contributed by atoms with E-state index < -0.39 is 6.10 Å². The summed E-state index contributed by atoms with van der Waals surface area (Å²) in [5.41, 5.74) is 0.602. The molecule has 1 rings (SSSR count). The monoisotopic (exact) mass is 281 g/mol. The molecule has 2 N–H and O–H groups in total. The molecule has 0 fully saturated rings. The average molecular weight is 281 g/mol. The standard InChI is InChI=1S/C16H24FNO2/c1-3-4-5-6-7-15(19)18-12(2)16(20)13-8-10-14(17)11-9-13/h8-12,16,20H,3-7H2,1-2H3,(H,18,19). The van der Waals surface area contributed by atoms with Crippen LogP contribution in [0.15, 0.2) is 24.3 Å². The third kappa shape index (κ3) is 5.70. The van der Waals surface area contributed by atoms with Crippen molar-refractivity contribution in [3.05, 3.63) is 35.6 Å². The first-order valence-electron chi connectivity index (χ1n) is 7.27. The number of benzene rings is 1. The minimum Gasteiger partial charge on any atom is -0.386 e. The lowest BCUT2D eigenvalue weighted by Crippen LogP contribution is -2.36. The lowest BCUT2D eigenvalue weighted by Gasteiger charge is -2.20. The Hall–Kier alpha value is -1.42. The van der Waals surface area contributed by atoms with Gasteiger partial charge in [-0.25, -0.2) is 4.39 Å². The molecule has 112 valence electrons. The molecule has 2 atom stereocenters. The molecule has 0 spiro atoms. The zero-order chi connectivity index (χ0) is 15.0. The Balaban J connectivity index is 2.39. The van der Waals surface area contributed by atoms with Crippen LogP contribution in [-0.4, -0.2) is 17.1 Å². The number of carbonyl (C=O) groups excluding carboxylic acids is 1. The normalized spacial score (nSPS) is 13.8. The number of halogens is 1. The minimum atomic E-state index is -0.824. The van der Waals surface area contributed by atoms with Crippen molar-refractivity contribution in [2.75, 3.05) is 0 Å². The van der Waals surface area contributed by atoms with Crippen molar-refractivity contribution in [3.8, 4) is 0 Å². The Morgan fingerprint density at radius 3 is 2.50 bits per heavy atom. The van der Waals surface area contributed by atoms with Crippen LogP contribution < -0.4 is 5.32 Å². The molecule has 0 aliphatic heterocycles. The molecular weight excluding hydrogens is 257 g/mol. The molecule has 1 aromatic carbocycles. The van der Waals surface area contributed by atoms with Gasteiger partial charge in [0.15, 0.2) is 0 Å². The van der Waals surface area contributed by atoms with E-state index in [-0.39, 0.29) is 17.8 Å². The molecule has 0 bridgehead atoms. The lowest BCUT2D eigenvalue weighted by atomic mass is 10.0. The van der Waals surface area contributed by atoms with Crippen molar-refractivity contribution in [3.63, 3.8) is 0 Å². The number of aliphatic hydroxyl groups excluding tert-OH is 1. The second-order valence-electron chi connectivity index (χ2n) is 5.16. The first-order chi connectivity index (χ1) is 9.54. The number of rotatable bonds is 8. The van der Waals surface area contributed by atoms with Crippen LogP contribution in [0, 0.1) is 5.82 Å². The van der Waals surface area contributed by atoms with E-state index in [1.807, 2.05) is 0 Å². The molecule has 0 heterocycles. The number of amides is 1. The van der Waals surface area contributed by atoms with Crippen LogP contribution >= 0.6 is 0 Å². The fourth-order valence-electron chi connectivity index (χ4n) is 2.07. The molecule has 1 aromatic rings. The van der Waals surface area contributed by atoms with Crippen molar-refractivity contribution < 1.29 is 14.3 Å². The second kappa shape index (κ2) is 8.69. The van der Waals surface area contributed by atoms with Crippen LogP contribution in [0.5, 0.6) is 0 Å². The molecule has 0 aromatic heterocycles. The SMILES string of the molecule is CCCCCCC(=O)NC(C)C(O)c1ccc(F)cc1. The van der Waals surface area contributed by atoms with Gasteiger partial charge in [-0.2, -0.15) is 0 Å². The van der Waals surface area contributed by atoms with Crippen molar-refractivity contribution in [1.82, 2.24) is 5.32 Å². The Morgan fingerprint density at radius 1 is 1.25 bits per heavy atom. The maximum absolute atomic E-state index is 12.8. The van der Waals surface area contributed by atoms with Crippen LogP contribution in [0.2, 0.25) is 0 Å². The van der Waals surface area contributed by atoms with Gasteiger partial charge in [0, 0.05) is 6.42 Å². The Labute approximate surface area is 120 Å². The lowest BCUT2D eigenvalue weighted by molar-refractivity contribution is -0.122. The highest BCUT2D eigenvalue weighted by Crippen LogP contribution is 2.17. The Bertz CT molecular complexity index is 405. The van der Waals surface area contributed by atoms with Crippen molar-refractivity contribution >= 4 is 5.91 Å². The van der Waals surface area contributed by atoms with Gasteiger partial charge in [0.25, 0.3) is 0 Å². The summed E-state index contributed by atoms with van der Waals surface area (Å²) in [6.07, 6.45) is 3.87. The summed E-state index contributed by atoms with van der Waals surface area (Å²) >= 11 is 0. The number of nitrogens with one attached hydrogen (secondary N) is 1. The molecule has 1 amide bonds. The zero-order valence-corrected chi connectivity index (χ0v) is 12.2. The van der Waals surface area contributed by atoms with Gasteiger partial charge >= 0.3 is 0 Å². The predicted octanol–water partition coefficient (Wildman–Crippen LogP) is 3.33. The smallest absolute Gasteiger partial charge is 0.220 e. The quantitative estimate of drug-likeness (QED) is 0.718. The highest BCUT2D eigenvalue weighted by Gasteiger charge is 2.18. The summed E-state index contributed by atoms with van der Waals surface area (Å²) in [6.45, 7) is 3.87. The zero-order valence-electron chi connectivity index (χ0n) is 12.2. The molecule has 3 nitrogen and oxygen atoms in total. The number of carbonyl (C=O) groups is 1. The summed E-state index contributed by atoms with van der Waals surface area (Å²) in [6, 6.07) is 5.28. The van der Waals surface area contributed by atoms with E-state index in [0.717, 1.165) is 25.7 Å². The fourth-order valence-corrected chi connectivity index (χ4v) is 2.07. The summed E-state index contributed by atoms with van der Waals surface area (Å²) in [5.74, 6) is -0.386. The van der Waals surface area contributed by atoms with Gasteiger partial charge in [0.05, 0.1) is 12.1 Å². The molecule has 0 radical (unpaired) electrons.